The predicted molar refractivity (Wildman–Crippen MR) is 117 cm³/mol. The molecule has 0 amide bonds. The Labute approximate surface area is 178 Å². The standard InChI is InChI=1S/C24H31FN2O3/c1-26(2)21-5-4-6-22(15-21)30-17-23(29-3)16-27-13-11-19(12-14-27)24(28)18-7-9-20(25)10-8-18/h4-10,15,19,23H,11-14,16-17H2,1-3H3. The number of rotatable bonds is 9. The van der Waals surface area contributed by atoms with E-state index in [0.29, 0.717) is 12.2 Å². The van der Waals surface area contributed by atoms with Crippen LogP contribution < -0.4 is 9.64 Å². The van der Waals surface area contributed by atoms with E-state index < -0.39 is 0 Å². The van der Waals surface area contributed by atoms with E-state index in [1.807, 2.05) is 43.3 Å². The number of carbonyl (C=O) groups excluding carboxylic acids is 1. The second-order valence-electron chi connectivity index (χ2n) is 8.01. The van der Waals surface area contributed by atoms with E-state index >= 15 is 0 Å². The number of likely N-dealkylation sites (tertiary alicyclic amines) is 1. The fourth-order valence-electron chi connectivity index (χ4n) is 3.75. The van der Waals surface area contributed by atoms with Gasteiger partial charge in [0.15, 0.2) is 5.78 Å². The smallest absolute Gasteiger partial charge is 0.166 e. The molecular weight excluding hydrogens is 383 g/mol. The SMILES string of the molecule is COC(COc1cccc(N(C)C)c1)CN1CCC(C(=O)c2ccc(F)cc2)CC1. The number of nitrogens with zero attached hydrogens (tertiary/aromatic N) is 2. The molecule has 5 nitrogen and oxygen atoms in total. The van der Waals surface area contributed by atoms with Crippen LogP contribution in [0.5, 0.6) is 5.75 Å². The largest absolute Gasteiger partial charge is 0.491 e. The summed E-state index contributed by atoms with van der Waals surface area (Å²) in [5.74, 6) is 0.620. The Morgan fingerprint density at radius 1 is 1.17 bits per heavy atom. The van der Waals surface area contributed by atoms with Crippen molar-refractivity contribution in [3.63, 3.8) is 0 Å². The number of anilines is 1. The number of ketones is 1. The number of hydrogen-bond acceptors (Lipinski definition) is 5. The average Bonchev–Trinajstić information content (AvgIpc) is 2.77. The summed E-state index contributed by atoms with van der Waals surface area (Å²) < 4.78 is 24.7. The molecule has 1 aliphatic heterocycles. The van der Waals surface area contributed by atoms with Gasteiger partial charge < -0.3 is 19.3 Å². The number of ether oxygens (including phenoxy) is 2. The lowest BCUT2D eigenvalue weighted by Gasteiger charge is -2.33. The molecule has 0 spiro atoms. The third kappa shape index (κ3) is 6.03. The van der Waals surface area contributed by atoms with Crippen LogP contribution in [0.15, 0.2) is 48.5 Å². The van der Waals surface area contributed by atoms with Crippen LogP contribution >= 0.6 is 0 Å². The zero-order chi connectivity index (χ0) is 21.5. The number of hydrogen-bond donors (Lipinski definition) is 0. The topological polar surface area (TPSA) is 42.0 Å². The molecule has 0 aliphatic carbocycles. The highest BCUT2D eigenvalue weighted by atomic mass is 19.1. The van der Waals surface area contributed by atoms with E-state index in [-0.39, 0.29) is 23.6 Å². The van der Waals surface area contributed by atoms with Crippen molar-refractivity contribution in [3.8, 4) is 5.75 Å². The molecule has 1 fully saturated rings. The Bertz CT molecular complexity index is 817. The molecule has 2 aromatic rings. The molecule has 1 aliphatic rings. The second-order valence-corrected chi connectivity index (χ2v) is 8.01. The van der Waals surface area contributed by atoms with E-state index in [4.69, 9.17) is 9.47 Å². The molecule has 1 atom stereocenters. The van der Waals surface area contributed by atoms with Gasteiger partial charge >= 0.3 is 0 Å². The zero-order valence-electron chi connectivity index (χ0n) is 18.0. The van der Waals surface area contributed by atoms with Gasteiger partial charge in [-0.25, -0.2) is 4.39 Å². The van der Waals surface area contributed by atoms with Crippen LogP contribution in [-0.2, 0) is 4.74 Å². The fourth-order valence-corrected chi connectivity index (χ4v) is 3.75. The van der Waals surface area contributed by atoms with Crippen LogP contribution in [0.1, 0.15) is 23.2 Å². The fraction of sp³-hybridized carbons (Fsp3) is 0.458. The summed E-state index contributed by atoms with van der Waals surface area (Å²) >= 11 is 0. The third-order valence-electron chi connectivity index (χ3n) is 5.65. The van der Waals surface area contributed by atoms with E-state index in [1.165, 1.54) is 12.1 Å². The van der Waals surface area contributed by atoms with E-state index in [9.17, 15) is 9.18 Å². The minimum absolute atomic E-state index is 0.00210. The number of Topliss-reactive ketones (excluding diaryl/α,β-unsaturated/α-hetero) is 1. The highest BCUT2D eigenvalue weighted by Gasteiger charge is 2.27. The first kappa shape index (κ1) is 22.2. The summed E-state index contributed by atoms with van der Waals surface area (Å²) in [5.41, 5.74) is 1.69. The molecule has 0 N–H and O–H groups in total. The molecule has 1 saturated heterocycles. The van der Waals surface area contributed by atoms with Gasteiger partial charge in [-0.3, -0.25) is 4.79 Å². The molecule has 1 heterocycles. The highest BCUT2D eigenvalue weighted by molar-refractivity contribution is 5.97. The minimum Gasteiger partial charge on any atom is -0.491 e. The molecule has 6 heteroatoms. The number of methoxy groups -OCH3 is 1. The second kappa shape index (κ2) is 10.5. The van der Waals surface area contributed by atoms with Crippen LogP contribution in [0, 0.1) is 11.7 Å². The summed E-state index contributed by atoms with van der Waals surface area (Å²) in [6.07, 6.45) is 1.56. The van der Waals surface area contributed by atoms with Gasteiger partial charge in [0, 0.05) is 51.0 Å². The van der Waals surface area contributed by atoms with Crippen molar-refractivity contribution in [1.29, 1.82) is 0 Å². The van der Waals surface area contributed by atoms with Crippen molar-refractivity contribution in [2.45, 2.75) is 18.9 Å². The van der Waals surface area contributed by atoms with Crippen molar-refractivity contribution >= 4 is 11.5 Å². The van der Waals surface area contributed by atoms with Crippen LogP contribution in [0.25, 0.3) is 0 Å². The maximum Gasteiger partial charge on any atom is 0.166 e. The molecule has 3 rings (SSSR count). The van der Waals surface area contributed by atoms with E-state index in [1.54, 1.807) is 19.2 Å². The Morgan fingerprint density at radius 3 is 2.50 bits per heavy atom. The summed E-state index contributed by atoms with van der Waals surface area (Å²) in [4.78, 5) is 17.0. The first-order valence-corrected chi connectivity index (χ1v) is 10.4. The Morgan fingerprint density at radius 2 is 1.87 bits per heavy atom. The van der Waals surface area contributed by atoms with E-state index in [2.05, 4.69) is 4.90 Å². The van der Waals surface area contributed by atoms with Gasteiger partial charge in [-0.05, 0) is 62.3 Å². The summed E-state index contributed by atoms with van der Waals surface area (Å²) in [6, 6.07) is 13.8. The van der Waals surface area contributed by atoms with Gasteiger partial charge in [0.1, 0.15) is 24.3 Å². The lowest BCUT2D eigenvalue weighted by atomic mass is 9.89. The Balaban J connectivity index is 1.46. The summed E-state index contributed by atoms with van der Waals surface area (Å²) in [7, 11) is 5.71. The summed E-state index contributed by atoms with van der Waals surface area (Å²) in [5, 5.41) is 0. The Hall–Kier alpha value is -2.44. The average molecular weight is 415 g/mol. The van der Waals surface area contributed by atoms with Gasteiger partial charge in [-0.1, -0.05) is 6.07 Å². The van der Waals surface area contributed by atoms with Crippen molar-refractivity contribution < 1.29 is 18.7 Å². The van der Waals surface area contributed by atoms with Crippen molar-refractivity contribution in [2.75, 3.05) is 52.3 Å². The zero-order valence-corrected chi connectivity index (χ0v) is 18.0. The van der Waals surface area contributed by atoms with E-state index in [0.717, 1.165) is 43.9 Å². The number of piperidine rings is 1. The van der Waals surface area contributed by atoms with Crippen molar-refractivity contribution in [3.05, 3.63) is 59.9 Å². The first-order valence-electron chi connectivity index (χ1n) is 10.4. The molecular formula is C24H31FN2O3. The lowest BCUT2D eigenvalue weighted by Crippen LogP contribution is -2.42. The van der Waals surface area contributed by atoms with Crippen LogP contribution in [0.2, 0.25) is 0 Å². The minimum atomic E-state index is -0.317. The maximum absolute atomic E-state index is 13.1. The quantitative estimate of drug-likeness (QED) is 0.583. The highest BCUT2D eigenvalue weighted by Crippen LogP contribution is 2.23. The molecule has 30 heavy (non-hydrogen) atoms. The number of benzene rings is 2. The van der Waals surface area contributed by atoms with Gasteiger partial charge in [-0.2, -0.15) is 0 Å². The number of carbonyl (C=O) groups is 1. The van der Waals surface area contributed by atoms with Crippen LogP contribution in [0.3, 0.4) is 0 Å². The summed E-state index contributed by atoms with van der Waals surface area (Å²) in [6.45, 7) is 2.92. The van der Waals surface area contributed by atoms with Gasteiger partial charge in [0.2, 0.25) is 0 Å². The monoisotopic (exact) mass is 414 g/mol. The maximum atomic E-state index is 13.1. The molecule has 2 aromatic carbocycles. The van der Waals surface area contributed by atoms with Gasteiger partial charge in [0.05, 0.1) is 0 Å². The molecule has 0 aromatic heterocycles. The normalized spacial score (nSPS) is 16.3. The molecule has 0 radical (unpaired) electrons. The predicted octanol–water partition coefficient (Wildman–Crippen LogP) is 3.88. The molecule has 1 unspecified atom stereocenters. The lowest BCUT2D eigenvalue weighted by molar-refractivity contribution is 0.0211. The first-order chi connectivity index (χ1) is 14.5. The van der Waals surface area contributed by atoms with Crippen molar-refractivity contribution in [1.82, 2.24) is 4.90 Å². The van der Waals surface area contributed by atoms with Crippen LogP contribution in [-0.4, -0.2) is 64.2 Å². The van der Waals surface area contributed by atoms with Gasteiger partial charge in [0.25, 0.3) is 0 Å². The van der Waals surface area contributed by atoms with Gasteiger partial charge in [-0.15, -0.1) is 0 Å². The molecule has 0 bridgehead atoms. The Kier molecular flexibility index (Phi) is 7.82. The van der Waals surface area contributed by atoms with Crippen molar-refractivity contribution in [2.24, 2.45) is 5.92 Å². The molecule has 0 saturated carbocycles. The third-order valence-corrected chi connectivity index (χ3v) is 5.65. The molecule has 162 valence electrons. The van der Waals surface area contributed by atoms with Crippen LogP contribution in [0.4, 0.5) is 10.1 Å². The number of halogens is 1.